The summed E-state index contributed by atoms with van der Waals surface area (Å²) in [6.07, 6.45) is 1.39. The minimum atomic E-state index is -4.19. The first-order valence-electron chi connectivity index (χ1n) is 5.09. The fraction of sp³-hybridized carbons (Fsp3) is 0.400. The SMILES string of the molecule is CCOC(=O)c1scc(CC)c1S(=O)(=O)N=C=O. The molecule has 0 spiro atoms. The lowest BCUT2D eigenvalue weighted by molar-refractivity contribution is 0.0528. The van der Waals surface area contributed by atoms with Crippen molar-refractivity contribution in [2.75, 3.05) is 6.61 Å². The molecule has 0 atom stereocenters. The molecule has 6 nitrogen and oxygen atoms in total. The van der Waals surface area contributed by atoms with Crippen LogP contribution in [0.2, 0.25) is 0 Å². The molecule has 1 aromatic heterocycles. The number of thiophene rings is 1. The van der Waals surface area contributed by atoms with Crippen LogP contribution in [0.4, 0.5) is 0 Å². The molecule has 1 aromatic rings. The Balaban J connectivity index is 3.45. The number of carbonyl (C=O) groups excluding carboxylic acids is 2. The first-order valence-corrected chi connectivity index (χ1v) is 7.41. The van der Waals surface area contributed by atoms with Gasteiger partial charge in [-0.25, -0.2) is 9.59 Å². The molecule has 0 unspecified atom stereocenters. The number of carbonyl (C=O) groups is 1. The normalized spacial score (nSPS) is 10.8. The molecule has 0 amide bonds. The second-order valence-electron chi connectivity index (χ2n) is 3.15. The van der Waals surface area contributed by atoms with Crippen LogP contribution in [0, 0.1) is 0 Å². The molecule has 1 rings (SSSR count). The Morgan fingerprint density at radius 2 is 2.17 bits per heavy atom. The van der Waals surface area contributed by atoms with E-state index in [1.807, 2.05) is 0 Å². The van der Waals surface area contributed by atoms with Crippen molar-refractivity contribution < 1.29 is 22.7 Å². The van der Waals surface area contributed by atoms with E-state index in [9.17, 15) is 18.0 Å². The first-order chi connectivity index (χ1) is 8.47. The van der Waals surface area contributed by atoms with Gasteiger partial charge in [-0.3, -0.25) is 0 Å². The predicted molar refractivity (Wildman–Crippen MR) is 65.0 cm³/mol. The molecule has 0 fully saturated rings. The zero-order chi connectivity index (χ0) is 13.8. The Morgan fingerprint density at radius 3 is 2.67 bits per heavy atom. The van der Waals surface area contributed by atoms with Gasteiger partial charge in [-0.1, -0.05) is 11.3 Å². The number of nitrogens with zero attached hydrogens (tertiary/aromatic N) is 1. The van der Waals surface area contributed by atoms with Crippen LogP contribution in [0.3, 0.4) is 0 Å². The first kappa shape index (κ1) is 14.6. The fourth-order valence-electron chi connectivity index (χ4n) is 1.34. The summed E-state index contributed by atoms with van der Waals surface area (Å²) in [5, 5.41) is 1.54. The topological polar surface area (TPSA) is 89.9 Å². The van der Waals surface area contributed by atoms with Gasteiger partial charge in [0.15, 0.2) is 0 Å². The van der Waals surface area contributed by atoms with Crippen molar-refractivity contribution in [3.63, 3.8) is 0 Å². The Morgan fingerprint density at radius 1 is 1.50 bits per heavy atom. The zero-order valence-electron chi connectivity index (χ0n) is 9.80. The van der Waals surface area contributed by atoms with Gasteiger partial charge in [0.2, 0.25) is 0 Å². The highest BCUT2D eigenvalue weighted by Gasteiger charge is 2.28. The van der Waals surface area contributed by atoms with Gasteiger partial charge in [-0.2, -0.15) is 8.42 Å². The van der Waals surface area contributed by atoms with Gasteiger partial charge in [0.25, 0.3) is 16.1 Å². The summed E-state index contributed by atoms with van der Waals surface area (Å²) in [4.78, 5) is 21.5. The summed E-state index contributed by atoms with van der Waals surface area (Å²) in [6, 6.07) is 0. The number of hydrogen-bond acceptors (Lipinski definition) is 6. The quantitative estimate of drug-likeness (QED) is 0.465. The molecule has 0 saturated carbocycles. The van der Waals surface area contributed by atoms with Gasteiger partial charge in [0, 0.05) is 0 Å². The number of ether oxygens (including phenoxy) is 1. The van der Waals surface area contributed by atoms with Gasteiger partial charge in [0.05, 0.1) is 6.61 Å². The molecule has 98 valence electrons. The van der Waals surface area contributed by atoms with Gasteiger partial charge >= 0.3 is 5.97 Å². The van der Waals surface area contributed by atoms with Crippen LogP contribution in [0.1, 0.15) is 29.1 Å². The number of isocyanates is 1. The molecule has 18 heavy (non-hydrogen) atoms. The summed E-state index contributed by atoms with van der Waals surface area (Å²) < 4.78 is 31.1. The number of aryl methyl sites for hydroxylation is 1. The largest absolute Gasteiger partial charge is 0.462 e. The summed E-state index contributed by atoms with van der Waals surface area (Å²) in [7, 11) is -4.19. The van der Waals surface area contributed by atoms with E-state index < -0.39 is 16.0 Å². The summed E-state index contributed by atoms with van der Waals surface area (Å²) in [6.45, 7) is 3.49. The number of esters is 1. The maximum Gasteiger partial charge on any atom is 0.349 e. The lowest BCUT2D eigenvalue weighted by Gasteiger charge is -2.03. The van der Waals surface area contributed by atoms with Crippen molar-refractivity contribution in [1.29, 1.82) is 0 Å². The molecule has 0 bridgehead atoms. The van der Waals surface area contributed by atoms with Crippen molar-refractivity contribution in [2.45, 2.75) is 25.2 Å². The lowest BCUT2D eigenvalue weighted by Crippen LogP contribution is -2.09. The maximum atomic E-state index is 11.8. The third-order valence-electron chi connectivity index (χ3n) is 2.07. The predicted octanol–water partition coefficient (Wildman–Crippen LogP) is 1.51. The van der Waals surface area contributed by atoms with Gasteiger partial charge in [0.1, 0.15) is 9.77 Å². The minimum Gasteiger partial charge on any atom is -0.462 e. The van der Waals surface area contributed by atoms with Crippen LogP contribution in [0.5, 0.6) is 0 Å². The molecule has 0 aliphatic heterocycles. The number of rotatable bonds is 5. The van der Waals surface area contributed by atoms with Gasteiger partial charge < -0.3 is 4.74 Å². The maximum absolute atomic E-state index is 11.8. The molecular formula is C10H11NO5S2. The highest BCUT2D eigenvalue weighted by molar-refractivity contribution is 7.90. The van der Waals surface area contributed by atoms with E-state index in [0.29, 0.717) is 12.0 Å². The second-order valence-corrected chi connectivity index (χ2v) is 5.57. The van der Waals surface area contributed by atoms with E-state index in [0.717, 1.165) is 17.4 Å². The van der Waals surface area contributed by atoms with Crippen molar-refractivity contribution in [3.8, 4) is 0 Å². The molecule has 0 aromatic carbocycles. The van der Waals surface area contributed by atoms with Crippen LogP contribution < -0.4 is 0 Å². The molecule has 0 aliphatic rings. The summed E-state index contributed by atoms with van der Waals surface area (Å²) >= 11 is 0.958. The van der Waals surface area contributed by atoms with E-state index in [1.54, 1.807) is 19.2 Å². The monoisotopic (exact) mass is 289 g/mol. The third kappa shape index (κ3) is 2.84. The Labute approximate surface area is 108 Å². The highest BCUT2D eigenvalue weighted by Crippen LogP contribution is 2.29. The second kappa shape index (κ2) is 5.90. The molecule has 0 radical (unpaired) electrons. The van der Waals surface area contributed by atoms with Gasteiger partial charge in [-0.15, -0.1) is 11.3 Å². The average molecular weight is 289 g/mol. The Bertz CT molecular complexity index is 596. The molecule has 0 N–H and O–H groups in total. The van der Waals surface area contributed by atoms with Crippen LogP contribution in [-0.2, 0) is 26.0 Å². The van der Waals surface area contributed by atoms with E-state index in [4.69, 9.17) is 4.74 Å². The van der Waals surface area contributed by atoms with Crippen LogP contribution >= 0.6 is 11.3 Å². The van der Waals surface area contributed by atoms with E-state index in [2.05, 4.69) is 4.40 Å². The van der Waals surface area contributed by atoms with Crippen molar-refractivity contribution in [1.82, 2.24) is 0 Å². The fourth-order valence-corrected chi connectivity index (χ4v) is 3.86. The van der Waals surface area contributed by atoms with E-state index >= 15 is 0 Å². The average Bonchev–Trinajstić information content (AvgIpc) is 2.73. The van der Waals surface area contributed by atoms with Crippen LogP contribution in [-0.4, -0.2) is 27.1 Å². The molecule has 0 saturated heterocycles. The lowest BCUT2D eigenvalue weighted by atomic mass is 10.2. The Kier molecular flexibility index (Phi) is 4.77. The van der Waals surface area contributed by atoms with Crippen molar-refractivity contribution >= 4 is 33.4 Å². The molecule has 8 heteroatoms. The standard InChI is InChI=1S/C10H11NO5S2/c1-3-7-5-17-8(10(13)16-4-2)9(7)18(14,15)11-6-12/h5H,3-4H2,1-2H3. The van der Waals surface area contributed by atoms with Crippen molar-refractivity contribution in [2.24, 2.45) is 4.40 Å². The number of hydrogen-bond donors (Lipinski definition) is 0. The summed E-state index contributed by atoms with van der Waals surface area (Å²) in [5.41, 5.74) is 0.432. The van der Waals surface area contributed by atoms with Gasteiger partial charge in [-0.05, 0) is 24.3 Å². The third-order valence-corrected chi connectivity index (χ3v) is 4.51. The van der Waals surface area contributed by atoms with Crippen LogP contribution in [0.25, 0.3) is 0 Å². The zero-order valence-corrected chi connectivity index (χ0v) is 11.4. The minimum absolute atomic E-state index is 0.0623. The molecular weight excluding hydrogens is 278 g/mol. The highest BCUT2D eigenvalue weighted by atomic mass is 32.2. The van der Waals surface area contributed by atoms with E-state index in [-0.39, 0.29) is 16.4 Å². The molecule has 1 heterocycles. The Hall–Kier alpha value is -1.50. The molecule has 0 aliphatic carbocycles. The van der Waals surface area contributed by atoms with Crippen LogP contribution in [0.15, 0.2) is 14.7 Å². The smallest absolute Gasteiger partial charge is 0.349 e. The van der Waals surface area contributed by atoms with Crippen molar-refractivity contribution in [3.05, 3.63) is 15.8 Å². The van der Waals surface area contributed by atoms with E-state index in [1.165, 1.54) is 0 Å². The summed E-state index contributed by atoms with van der Waals surface area (Å²) in [5.74, 6) is -0.734. The number of sulfonamides is 1.